The molecule has 0 saturated heterocycles. The lowest BCUT2D eigenvalue weighted by Crippen LogP contribution is -2.35. The molecule has 0 radical (unpaired) electrons. The predicted molar refractivity (Wildman–Crippen MR) is 59.3 cm³/mol. The van der Waals surface area contributed by atoms with Crippen molar-refractivity contribution in [1.29, 1.82) is 0 Å². The van der Waals surface area contributed by atoms with Crippen LogP contribution in [0.3, 0.4) is 0 Å². The van der Waals surface area contributed by atoms with Gasteiger partial charge in [0.15, 0.2) is 0 Å². The van der Waals surface area contributed by atoms with Crippen LogP contribution < -0.4 is 5.73 Å². The molecule has 0 bridgehead atoms. The van der Waals surface area contributed by atoms with Crippen LogP contribution in [0.1, 0.15) is 37.8 Å². The number of nitrogens with two attached hydrogens (primary N) is 1. The van der Waals surface area contributed by atoms with Crippen LogP contribution in [0.25, 0.3) is 0 Å². The van der Waals surface area contributed by atoms with E-state index in [2.05, 4.69) is 10.3 Å². The van der Waals surface area contributed by atoms with Crippen LogP contribution in [0.4, 0.5) is 0 Å². The zero-order valence-electron chi connectivity index (χ0n) is 9.45. The van der Waals surface area contributed by atoms with Crippen LogP contribution in [-0.2, 0) is 13.5 Å². The van der Waals surface area contributed by atoms with Crippen LogP contribution in [0.2, 0.25) is 0 Å². The van der Waals surface area contributed by atoms with Gasteiger partial charge in [-0.1, -0.05) is 24.5 Å². The second-order valence-electron chi connectivity index (χ2n) is 4.83. The van der Waals surface area contributed by atoms with E-state index >= 15 is 0 Å². The zero-order valence-corrected chi connectivity index (χ0v) is 9.45. The molecule has 0 unspecified atom stereocenters. The third-order valence-corrected chi connectivity index (χ3v) is 3.55. The van der Waals surface area contributed by atoms with E-state index in [0.29, 0.717) is 5.41 Å². The summed E-state index contributed by atoms with van der Waals surface area (Å²) >= 11 is 0. The van der Waals surface area contributed by atoms with Crippen molar-refractivity contribution in [1.82, 2.24) is 15.0 Å². The molecule has 1 aromatic rings. The molecule has 1 aromatic heterocycles. The Balaban J connectivity index is 2.06. The first-order chi connectivity index (χ1) is 7.24. The molecule has 1 aliphatic rings. The fraction of sp³-hybridized carbons (Fsp3) is 0.818. The Kier molecular flexibility index (Phi) is 3.05. The van der Waals surface area contributed by atoms with Crippen molar-refractivity contribution >= 4 is 0 Å². The minimum Gasteiger partial charge on any atom is -0.330 e. The van der Waals surface area contributed by atoms with Gasteiger partial charge in [0.1, 0.15) is 0 Å². The summed E-state index contributed by atoms with van der Waals surface area (Å²) in [5, 5.41) is 8.13. The van der Waals surface area contributed by atoms with Crippen LogP contribution in [-0.4, -0.2) is 21.5 Å². The molecule has 4 heteroatoms. The van der Waals surface area contributed by atoms with Crippen LogP contribution in [0.5, 0.6) is 0 Å². The van der Waals surface area contributed by atoms with E-state index < -0.39 is 0 Å². The maximum absolute atomic E-state index is 5.94. The van der Waals surface area contributed by atoms with Gasteiger partial charge in [-0.15, -0.1) is 5.10 Å². The van der Waals surface area contributed by atoms with E-state index in [1.807, 2.05) is 13.2 Å². The number of hydrogen-bond donors (Lipinski definition) is 1. The standard InChI is InChI=1S/C11H20N4/c1-15-8-10(13-14-15)7-11(9-12)5-3-2-4-6-11/h8H,2-7,9,12H2,1H3. The van der Waals surface area contributed by atoms with Crippen molar-refractivity contribution < 1.29 is 0 Å². The van der Waals surface area contributed by atoms with Gasteiger partial charge >= 0.3 is 0 Å². The molecule has 2 rings (SSSR count). The number of aromatic nitrogens is 3. The quantitative estimate of drug-likeness (QED) is 0.813. The number of rotatable bonds is 3. The molecule has 0 spiro atoms. The van der Waals surface area contributed by atoms with Gasteiger partial charge < -0.3 is 5.73 Å². The largest absolute Gasteiger partial charge is 0.330 e. The monoisotopic (exact) mass is 208 g/mol. The summed E-state index contributed by atoms with van der Waals surface area (Å²) in [5.41, 5.74) is 7.33. The van der Waals surface area contributed by atoms with E-state index in [-0.39, 0.29) is 0 Å². The first-order valence-electron chi connectivity index (χ1n) is 5.79. The summed E-state index contributed by atoms with van der Waals surface area (Å²) in [5.74, 6) is 0. The molecular formula is C11H20N4. The number of hydrogen-bond acceptors (Lipinski definition) is 3. The Bertz CT molecular complexity index is 312. The van der Waals surface area contributed by atoms with E-state index in [4.69, 9.17) is 5.73 Å². The molecule has 1 heterocycles. The van der Waals surface area contributed by atoms with Crippen molar-refractivity contribution in [2.24, 2.45) is 18.2 Å². The molecule has 1 fully saturated rings. The number of aryl methyl sites for hydroxylation is 1. The highest BCUT2D eigenvalue weighted by molar-refractivity contribution is 5.00. The molecular weight excluding hydrogens is 188 g/mol. The van der Waals surface area contributed by atoms with Gasteiger partial charge in [0, 0.05) is 13.2 Å². The second kappa shape index (κ2) is 4.31. The highest BCUT2D eigenvalue weighted by Gasteiger charge is 2.31. The third-order valence-electron chi connectivity index (χ3n) is 3.55. The maximum Gasteiger partial charge on any atom is 0.0833 e. The summed E-state index contributed by atoms with van der Waals surface area (Å²) < 4.78 is 1.77. The summed E-state index contributed by atoms with van der Waals surface area (Å²) in [7, 11) is 1.91. The van der Waals surface area contributed by atoms with Gasteiger partial charge in [-0.05, 0) is 31.2 Å². The molecule has 0 aliphatic heterocycles. The van der Waals surface area contributed by atoms with Gasteiger partial charge in [-0.2, -0.15) is 0 Å². The molecule has 0 atom stereocenters. The fourth-order valence-electron chi connectivity index (χ4n) is 2.62. The average Bonchev–Trinajstić information content (AvgIpc) is 2.65. The van der Waals surface area contributed by atoms with Crippen molar-refractivity contribution in [3.05, 3.63) is 11.9 Å². The molecule has 4 nitrogen and oxygen atoms in total. The predicted octanol–water partition coefficient (Wildman–Crippen LogP) is 1.27. The average molecular weight is 208 g/mol. The Morgan fingerprint density at radius 2 is 2.13 bits per heavy atom. The summed E-state index contributed by atoms with van der Waals surface area (Å²) in [4.78, 5) is 0. The number of nitrogens with zero attached hydrogens (tertiary/aromatic N) is 3. The normalized spacial score (nSPS) is 20.4. The van der Waals surface area contributed by atoms with Gasteiger partial charge in [0.25, 0.3) is 0 Å². The highest BCUT2D eigenvalue weighted by Crippen LogP contribution is 2.37. The molecule has 2 N–H and O–H groups in total. The molecule has 0 aromatic carbocycles. The Morgan fingerprint density at radius 1 is 1.40 bits per heavy atom. The van der Waals surface area contributed by atoms with Crippen LogP contribution in [0.15, 0.2) is 6.20 Å². The van der Waals surface area contributed by atoms with E-state index in [1.165, 1.54) is 32.1 Å². The van der Waals surface area contributed by atoms with Crippen molar-refractivity contribution in [2.45, 2.75) is 38.5 Å². The van der Waals surface area contributed by atoms with E-state index in [0.717, 1.165) is 18.7 Å². The van der Waals surface area contributed by atoms with E-state index in [1.54, 1.807) is 4.68 Å². The van der Waals surface area contributed by atoms with Crippen molar-refractivity contribution in [2.75, 3.05) is 6.54 Å². The minimum atomic E-state index is 0.300. The minimum absolute atomic E-state index is 0.300. The lowest BCUT2D eigenvalue weighted by atomic mass is 9.71. The van der Waals surface area contributed by atoms with Gasteiger partial charge in [0.05, 0.1) is 5.69 Å². The van der Waals surface area contributed by atoms with E-state index in [9.17, 15) is 0 Å². The van der Waals surface area contributed by atoms with Gasteiger partial charge in [0.2, 0.25) is 0 Å². The van der Waals surface area contributed by atoms with Gasteiger partial charge in [-0.3, -0.25) is 4.68 Å². The lowest BCUT2D eigenvalue weighted by Gasteiger charge is -2.35. The molecule has 0 amide bonds. The highest BCUT2D eigenvalue weighted by atomic mass is 15.4. The molecule has 1 saturated carbocycles. The van der Waals surface area contributed by atoms with Crippen molar-refractivity contribution in [3.8, 4) is 0 Å². The first kappa shape index (κ1) is 10.6. The van der Waals surface area contributed by atoms with Crippen molar-refractivity contribution in [3.63, 3.8) is 0 Å². The van der Waals surface area contributed by atoms with Gasteiger partial charge in [-0.25, -0.2) is 0 Å². The topological polar surface area (TPSA) is 56.7 Å². The molecule has 15 heavy (non-hydrogen) atoms. The Morgan fingerprint density at radius 3 is 2.67 bits per heavy atom. The molecule has 1 aliphatic carbocycles. The third kappa shape index (κ3) is 2.37. The Hall–Kier alpha value is -0.900. The lowest BCUT2D eigenvalue weighted by molar-refractivity contribution is 0.195. The maximum atomic E-state index is 5.94. The Labute approximate surface area is 90.8 Å². The summed E-state index contributed by atoms with van der Waals surface area (Å²) in [6, 6.07) is 0. The first-order valence-corrected chi connectivity index (χ1v) is 5.79. The fourth-order valence-corrected chi connectivity index (χ4v) is 2.62. The molecule has 84 valence electrons. The van der Waals surface area contributed by atoms with Crippen LogP contribution in [0, 0.1) is 5.41 Å². The SMILES string of the molecule is Cn1cc(CC2(CN)CCCCC2)nn1. The smallest absolute Gasteiger partial charge is 0.0833 e. The summed E-state index contributed by atoms with van der Waals surface area (Å²) in [6.45, 7) is 0.781. The van der Waals surface area contributed by atoms with Crippen LogP contribution >= 0.6 is 0 Å². The second-order valence-corrected chi connectivity index (χ2v) is 4.83. The zero-order chi connectivity index (χ0) is 10.7. The summed E-state index contributed by atoms with van der Waals surface area (Å²) in [6.07, 6.45) is 9.50.